The summed E-state index contributed by atoms with van der Waals surface area (Å²) < 4.78 is 6.61. The van der Waals surface area contributed by atoms with Crippen LogP contribution in [0.5, 0.6) is 5.75 Å². The van der Waals surface area contributed by atoms with Gasteiger partial charge in [0.1, 0.15) is 11.8 Å². The van der Waals surface area contributed by atoms with Gasteiger partial charge in [0.2, 0.25) is 5.91 Å². The van der Waals surface area contributed by atoms with E-state index >= 15 is 0 Å². The third-order valence-corrected chi connectivity index (χ3v) is 6.32. The maximum atomic E-state index is 13.4. The fraction of sp³-hybridized carbons (Fsp3) is 0.200. The highest BCUT2D eigenvalue weighted by molar-refractivity contribution is 9.10. The van der Waals surface area contributed by atoms with E-state index in [1.54, 1.807) is 37.4 Å². The number of amides is 2. The molecule has 1 atom stereocenters. The third-order valence-electron chi connectivity index (χ3n) is 5.08. The zero-order valence-corrected chi connectivity index (χ0v) is 21.0. The standard InChI is InChI=1S/C25H23BrCl2N2O3/c1-29-25(32)23(14-17-6-3-2-4-7-17)30(15-20-21(27)8-5-9-22(20)28)24(31)16-33-19-12-10-18(26)11-13-19/h2-13,23H,14-16H2,1H3,(H,29,32)/t23-/m0/s1. The molecule has 3 aromatic rings. The molecule has 0 aliphatic carbocycles. The van der Waals surface area contributed by atoms with Crippen LogP contribution in [0.1, 0.15) is 11.1 Å². The quantitative estimate of drug-likeness (QED) is 0.382. The van der Waals surface area contributed by atoms with Crippen molar-refractivity contribution in [3.8, 4) is 5.75 Å². The Hall–Kier alpha value is -2.54. The molecule has 33 heavy (non-hydrogen) atoms. The van der Waals surface area contributed by atoms with Gasteiger partial charge in [0, 0.05) is 40.1 Å². The van der Waals surface area contributed by atoms with Crippen LogP contribution in [0.2, 0.25) is 10.0 Å². The average molecular weight is 550 g/mol. The number of nitrogens with one attached hydrogen (secondary N) is 1. The van der Waals surface area contributed by atoms with Crippen LogP contribution in [-0.4, -0.2) is 36.4 Å². The molecule has 0 saturated carbocycles. The average Bonchev–Trinajstić information content (AvgIpc) is 2.82. The lowest BCUT2D eigenvalue weighted by Crippen LogP contribution is -2.51. The van der Waals surface area contributed by atoms with E-state index in [0.717, 1.165) is 10.0 Å². The maximum Gasteiger partial charge on any atom is 0.261 e. The minimum atomic E-state index is -0.786. The summed E-state index contributed by atoms with van der Waals surface area (Å²) in [6.45, 7) is -0.183. The van der Waals surface area contributed by atoms with Crippen molar-refractivity contribution in [3.63, 3.8) is 0 Å². The lowest BCUT2D eigenvalue weighted by molar-refractivity contribution is -0.142. The second kappa shape index (κ2) is 12.1. The van der Waals surface area contributed by atoms with E-state index in [2.05, 4.69) is 21.2 Å². The van der Waals surface area contributed by atoms with Gasteiger partial charge < -0.3 is 15.0 Å². The van der Waals surface area contributed by atoms with E-state index in [1.807, 2.05) is 42.5 Å². The molecule has 0 spiro atoms. The van der Waals surface area contributed by atoms with Crippen molar-refractivity contribution in [1.82, 2.24) is 10.2 Å². The Balaban J connectivity index is 1.91. The van der Waals surface area contributed by atoms with Crippen molar-refractivity contribution in [2.24, 2.45) is 0 Å². The van der Waals surface area contributed by atoms with Gasteiger partial charge >= 0.3 is 0 Å². The number of rotatable bonds is 9. The van der Waals surface area contributed by atoms with Crippen molar-refractivity contribution in [1.29, 1.82) is 0 Å². The highest BCUT2D eigenvalue weighted by Gasteiger charge is 2.31. The van der Waals surface area contributed by atoms with Crippen molar-refractivity contribution in [2.45, 2.75) is 19.0 Å². The largest absolute Gasteiger partial charge is 0.484 e. The second-order valence-corrected chi connectivity index (χ2v) is 9.01. The highest BCUT2D eigenvalue weighted by Crippen LogP contribution is 2.27. The van der Waals surface area contributed by atoms with Gasteiger partial charge in [-0.05, 0) is 42.0 Å². The summed E-state index contributed by atoms with van der Waals surface area (Å²) in [5.74, 6) is -0.112. The van der Waals surface area contributed by atoms with E-state index in [1.165, 1.54) is 4.90 Å². The minimum Gasteiger partial charge on any atom is -0.484 e. The Bertz CT molecular complexity index is 1070. The monoisotopic (exact) mass is 548 g/mol. The van der Waals surface area contributed by atoms with Crippen LogP contribution in [0, 0.1) is 0 Å². The number of ether oxygens (including phenoxy) is 1. The van der Waals surface area contributed by atoms with Crippen LogP contribution in [-0.2, 0) is 22.6 Å². The molecule has 5 nitrogen and oxygen atoms in total. The SMILES string of the molecule is CNC(=O)[C@H](Cc1ccccc1)N(Cc1c(Cl)cccc1Cl)C(=O)COc1ccc(Br)cc1. The van der Waals surface area contributed by atoms with Gasteiger partial charge in [0.25, 0.3) is 5.91 Å². The predicted octanol–water partition coefficient (Wildman–Crippen LogP) is 5.52. The lowest BCUT2D eigenvalue weighted by atomic mass is 10.0. The summed E-state index contributed by atoms with van der Waals surface area (Å²) in [4.78, 5) is 27.8. The Morgan fingerprint density at radius 3 is 2.21 bits per heavy atom. The molecule has 0 radical (unpaired) electrons. The Morgan fingerprint density at radius 2 is 1.61 bits per heavy atom. The van der Waals surface area contributed by atoms with Crippen molar-refractivity contribution < 1.29 is 14.3 Å². The summed E-state index contributed by atoms with van der Waals surface area (Å²) in [5, 5.41) is 3.51. The molecule has 0 bridgehead atoms. The minimum absolute atomic E-state index is 0.0615. The van der Waals surface area contributed by atoms with Crippen LogP contribution in [0.3, 0.4) is 0 Å². The number of carbonyl (C=O) groups excluding carboxylic acids is 2. The van der Waals surface area contributed by atoms with Crippen LogP contribution in [0.25, 0.3) is 0 Å². The predicted molar refractivity (Wildman–Crippen MR) is 135 cm³/mol. The molecule has 0 aromatic heterocycles. The molecule has 8 heteroatoms. The molecule has 3 rings (SSSR count). The molecule has 172 valence electrons. The number of benzene rings is 3. The molecule has 0 aliphatic rings. The fourth-order valence-corrected chi connectivity index (χ4v) is 4.11. The maximum absolute atomic E-state index is 13.4. The molecular formula is C25H23BrCl2N2O3. The van der Waals surface area contributed by atoms with E-state index in [4.69, 9.17) is 27.9 Å². The molecular weight excluding hydrogens is 527 g/mol. The number of hydrogen-bond donors (Lipinski definition) is 1. The Morgan fingerprint density at radius 1 is 0.970 bits per heavy atom. The summed E-state index contributed by atoms with van der Waals surface area (Å²) in [5.41, 5.74) is 1.49. The number of carbonyl (C=O) groups is 2. The van der Waals surface area contributed by atoms with E-state index < -0.39 is 6.04 Å². The fourth-order valence-electron chi connectivity index (χ4n) is 3.33. The van der Waals surface area contributed by atoms with Gasteiger partial charge in [-0.3, -0.25) is 9.59 Å². The van der Waals surface area contributed by atoms with Crippen LogP contribution >= 0.6 is 39.1 Å². The van der Waals surface area contributed by atoms with Gasteiger partial charge in [-0.2, -0.15) is 0 Å². The normalized spacial score (nSPS) is 11.5. The van der Waals surface area contributed by atoms with Gasteiger partial charge in [-0.15, -0.1) is 0 Å². The first-order valence-corrected chi connectivity index (χ1v) is 11.8. The molecule has 0 heterocycles. The Kier molecular flexibility index (Phi) is 9.18. The first kappa shape index (κ1) is 25.1. The summed E-state index contributed by atoms with van der Waals surface area (Å²) in [7, 11) is 1.55. The molecule has 0 fully saturated rings. The first-order valence-electron chi connectivity index (χ1n) is 10.2. The van der Waals surface area contributed by atoms with E-state index in [0.29, 0.717) is 27.8 Å². The zero-order valence-electron chi connectivity index (χ0n) is 17.9. The van der Waals surface area contributed by atoms with Gasteiger partial charge in [-0.1, -0.05) is 75.5 Å². The number of hydrogen-bond acceptors (Lipinski definition) is 3. The first-order chi connectivity index (χ1) is 15.9. The van der Waals surface area contributed by atoms with Crippen LogP contribution in [0.15, 0.2) is 77.3 Å². The Labute approximate surface area is 211 Å². The molecule has 2 amide bonds. The molecule has 0 aliphatic heterocycles. The van der Waals surface area contributed by atoms with Crippen LogP contribution in [0.4, 0.5) is 0 Å². The molecule has 0 saturated heterocycles. The summed E-state index contributed by atoms with van der Waals surface area (Å²) in [6, 6.07) is 21.0. The molecule has 3 aromatic carbocycles. The number of halogens is 3. The number of nitrogens with zero attached hydrogens (tertiary/aromatic N) is 1. The smallest absolute Gasteiger partial charge is 0.261 e. The zero-order chi connectivity index (χ0) is 23.8. The second-order valence-electron chi connectivity index (χ2n) is 7.28. The van der Waals surface area contributed by atoms with Gasteiger partial charge in [0.15, 0.2) is 6.61 Å². The lowest BCUT2D eigenvalue weighted by Gasteiger charge is -2.31. The summed E-state index contributed by atoms with van der Waals surface area (Å²) in [6.07, 6.45) is 0.326. The summed E-state index contributed by atoms with van der Waals surface area (Å²) >= 11 is 16.1. The van der Waals surface area contributed by atoms with Crippen molar-refractivity contribution in [2.75, 3.05) is 13.7 Å². The van der Waals surface area contributed by atoms with Crippen molar-refractivity contribution in [3.05, 3.63) is 98.4 Å². The van der Waals surface area contributed by atoms with E-state index in [9.17, 15) is 9.59 Å². The molecule has 1 N–H and O–H groups in total. The van der Waals surface area contributed by atoms with Gasteiger partial charge in [0.05, 0.1) is 0 Å². The topological polar surface area (TPSA) is 58.6 Å². The third kappa shape index (κ3) is 6.97. The highest BCUT2D eigenvalue weighted by atomic mass is 79.9. The van der Waals surface area contributed by atoms with Gasteiger partial charge in [-0.25, -0.2) is 0 Å². The van der Waals surface area contributed by atoms with Crippen LogP contribution < -0.4 is 10.1 Å². The van der Waals surface area contributed by atoms with Crippen molar-refractivity contribution >= 4 is 50.9 Å². The van der Waals surface area contributed by atoms with E-state index in [-0.39, 0.29) is 25.0 Å². The number of likely N-dealkylation sites (N-methyl/N-ethyl adjacent to an activating group) is 1. The molecule has 0 unspecified atom stereocenters.